The molecule has 1 aliphatic carbocycles. The number of rotatable bonds is 7. The zero-order valence-corrected chi connectivity index (χ0v) is 11.6. The highest BCUT2D eigenvalue weighted by atomic mass is 16.4. The minimum atomic E-state index is -1.01. The lowest BCUT2D eigenvalue weighted by atomic mass is 9.89. The van der Waals surface area contributed by atoms with Crippen LogP contribution in [0.3, 0.4) is 0 Å². The van der Waals surface area contributed by atoms with Gasteiger partial charge in [0.15, 0.2) is 5.54 Å². The van der Waals surface area contributed by atoms with E-state index in [0.717, 1.165) is 24.9 Å². The minimum Gasteiger partial charge on any atom is -0.480 e. The highest BCUT2D eigenvalue weighted by Crippen LogP contribution is 2.29. The lowest BCUT2D eigenvalue weighted by molar-refractivity contribution is -0.146. The molecule has 1 aliphatic rings. The van der Waals surface area contributed by atoms with Crippen molar-refractivity contribution in [2.24, 2.45) is 0 Å². The molecule has 19 heavy (non-hydrogen) atoms. The van der Waals surface area contributed by atoms with E-state index in [1.807, 2.05) is 49.2 Å². The fourth-order valence-electron chi connectivity index (χ4n) is 2.29. The second kappa shape index (κ2) is 5.72. The molecule has 1 unspecified atom stereocenters. The van der Waals surface area contributed by atoms with Crippen LogP contribution in [0.25, 0.3) is 0 Å². The first-order valence-electron chi connectivity index (χ1n) is 6.83. The van der Waals surface area contributed by atoms with E-state index in [4.69, 9.17) is 0 Å². The molecule has 0 amide bonds. The van der Waals surface area contributed by atoms with Crippen molar-refractivity contribution in [3.8, 4) is 0 Å². The zero-order valence-electron chi connectivity index (χ0n) is 11.6. The summed E-state index contributed by atoms with van der Waals surface area (Å²) in [6, 6.07) is 9.83. The fraction of sp³-hybridized carbons (Fsp3) is 0.533. The number of carboxylic acid groups (broad SMARTS) is 1. The third-order valence-corrected chi connectivity index (χ3v) is 3.71. The molecule has 4 nitrogen and oxygen atoms in total. The molecule has 1 aromatic carbocycles. The van der Waals surface area contributed by atoms with Crippen LogP contribution >= 0.6 is 0 Å². The summed E-state index contributed by atoms with van der Waals surface area (Å²) in [5, 5.41) is 13.2. The number of carbonyl (C=O) groups is 1. The van der Waals surface area contributed by atoms with E-state index in [1.165, 1.54) is 0 Å². The van der Waals surface area contributed by atoms with E-state index in [9.17, 15) is 9.90 Å². The molecule has 2 rings (SSSR count). The van der Waals surface area contributed by atoms with Gasteiger partial charge in [-0.15, -0.1) is 0 Å². The third kappa shape index (κ3) is 3.14. The Morgan fingerprint density at radius 2 is 2.05 bits per heavy atom. The van der Waals surface area contributed by atoms with Gasteiger partial charge in [0.1, 0.15) is 0 Å². The number of hydrogen-bond acceptors (Lipinski definition) is 3. The molecule has 0 aromatic heterocycles. The monoisotopic (exact) mass is 262 g/mol. The summed E-state index contributed by atoms with van der Waals surface area (Å²) in [6.07, 6.45) is 2.13. The highest BCUT2D eigenvalue weighted by molar-refractivity contribution is 5.81. The summed E-state index contributed by atoms with van der Waals surface area (Å²) in [5.74, 6) is -0.800. The average Bonchev–Trinajstić information content (AvgIpc) is 3.22. The molecule has 1 saturated carbocycles. The van der Waals surface area contributed by atoms with Crippen molar-refractivity contribution in [1.82, 2.24) is 10.2 Å². The van der Waals surface area contributed by atoms with Gasteiger partial charge in [0.2, 0.25) is 0 Å². The van der Waals surface area contributed by atoms with E-state index in [2.05, 4.69) is 5.32 Å². The van der Waals surface area contributed by atoms with Crippen LogP contribution in [0.5, 0.6) is 0 Å². The van der Waals surface area contributed by atoms with Crippen LogP contribution in [-0.2, 0) is 10.3 Å². The maximum Gasteiger partial charge on any atom is 0.329 e. The van der Waals surface area contributed by atoms with Crippen LogP contribution < -0.4 is 5.32 Å². The van der Waals surface area contributed by atoms with Gasteiger partial charge in [-0.1, -0.05) is 37.3 Å². The van der Waals surface area contributed by atoms with Crippen LogP contribution in [0.1, 0.15) is 25.3 Å². The van der Waals surface area contributed by atoms with Crippen molar-refractivity contribution in [2.75, 3.05) is 20.1 Å². The van der Waals surface area contributed by atoms with Gasteiger partial charge in [-0.3, -0.25) is 5.32 Å². The van der Waals surface area contributed by atoms with Gasteiger partial charge in [-0.2, -0.15) is 0 Å². The van der Waals surface area contributed by atoms with Gasteiger partial charge in [-0.25, -0.2) is 4.79 Å². The molecule has 1 aromatic rings. The Hall–Kier alpha value is -1.39. The Bertz CT molecular complexity index is 431. The number of aliphatic carboxylic acids is 1. The second-order valence-corrected chi connectivity index (χ2v) is 5.33. The number of hydrogen-bond donors (Lipinski definition) is 2. The summed E-state index contributed by atoms with van der Waals surface area (Å²) in [4.78, 5) is 14.0. The lowest BCUT2D eigenvalue weighted by Crippen LogP contribution is -2.56. The fourth-order valence-corrected chi connectivity index (χ4v) is 2.29. The molecule has 1 atom stereocenters. The van der Waals surface area contributed by atoms with Crippen molar-refractivity contribution < 1.29 is 9.90 Å². The standard InChI is InChI=1S/C15H22N2O2/c1-3-17(2)11-15(14(18)19,16-13-9-10-13)12-7-5-4-6-8-12/h4-8,13,16H,3,9-11H2,1-2H3,(H,18,19). The van der Waals surface area contributed by atoms with Crippen molar-refractivity contribution in [2.45, 2.75) is 31.3 Å². The summed E-state index contributed by atoms with van der Waals surface area (Å²) in [6.45, 7) is 3.34. The molecule has 0 bridgehead atoms. The second-order valence-electron chi connectivity index (χ2n) is 5.33. The van der Waals surface area contributed by atoms with E-state index in [0.29, 0.717) is 12.6 Å². The SMILES string of the molecule is CCN(C)CC(NC1CC1)(C(=O)O)c1ccccc1. The molecule has 0 radical (unpaired) electrons. The maximum absolute atomic E-state index is 11.9. The number of benzene rings is 1. The summed E-state index contributed by atoms with van der Waals surface area (Å²) < 4.78 is 0. The van der Waals surface area contributed by atoms with Crippen molar-refractivity contribution >= 4 is 5.97 Å². The van der Waals surface area contributed by atoms with E-state index >= 15 is 0 Å². The van der Waals surface area contributed by atoms with E-state index in [1.54, 1.807) is 0 Å². The first-order chi connectivity index (χ1) is 9.08. The van der Waals surface area contributed by atoms with Gasteiger partial charge in [0.25, 0.3) is 0 Å². The van der Waals surface area contributed by atoms with Crippen LogP contribution in [0, 0.1) is 0 Å². The van der Waals surface area contributed by atoms with Crippen LogP contribution in [0.2, 0.25) is 0 Å². The number of nitrogens with one attached hydrogen (secondary N) is 1. The Morgan fingerprint density at radius 3 is 2.53 bits per heavy atom. The number of carboxylic acids is 1. The molecule has 104 valence electrons. The predicted molar refractivity (Wildman–Crippen MR) is 75.1 cm³/mol. The summed E-state index contributed by atoms with van der Waals surface area (Å²) in [7, 11) is 1.95. The van der Waals surface area contributed by atoms with Crippen LogP contribution in [0.15, 0.2) is 30.3 Å². The maximum atomic E-state index is 11.9. The Kier molecular flexibility index (Phi) is 4.22. The first kappa shape index (κ1) is 14.0. The van der Waals surface area contributed by atoms with E-state index < -0.39 is 11.5 Å². The smallest absolute Gasteiger partial charge is 0.329 e. The van der Waals surface area contributed by atoms with Gasteiger partial charge >= 0.3 is 5.97 Å². The van der Waals surface area contributed by atoms with Crippen molar-refractivity contribution in [3.05, 3.63) is 35.9 Å². The molecule has 0 heterocycles. The van der Waals surface area contributed by atoms with Crippen LogP contribution in [0.4, 0.5) is 0 Å². The first-order valence-corrected chi connectivity index (χ1v) is 6.83. The molecule has 4 heteroatoms. The van der Waals surface area contributed by atoms with Crippen molar-refractivity contribution in [3.63, 3.8) is 0 Å². The van der Waals surface area contributed by atoms with Gasteiger partial charge in [-0.05, 0) is 32.0 Å². The predicted octanol–water partition coefficient (Wildman–Crippen LogP) is 1.67. The highest BCUT2D eigenvalue weighted by Gasteiger charge is 2.44. The third-order valence-electron chi connectivity index (χ3n) is 3.71. The molecule has 1 fully saturated rings. The molecule has 2 N–H and O–H groups in total. The largest absolute Gasteiger partial charge is 0.480 e. The van der Waals surface area contributed by atoms with Crippen molar-refractivity contribution in [1.29, 1.82) is 0 Å². The quantitative estimate of drug-likeness (QED) is 0.785. The molecule has 0 saturated heterocycles. The normalized spacial score (nSPS) is 18.3. The molecular weight excluding hydrogens is 240 g/mol. The topological polar surface area (TPSA) is 52.6 Å². The Morgan fingerprint density at radius 1 is 1.42 bits per heavy atom. The molecule has 0 spiro atoms. The lowest BCUT2D eigenvalue weighted by Gasteiger charge is -2.34. The molecule has 0 aliphatic heterocycles. The average molecular weight is 262 g/mol. The van der Waals surface area contributed by atoms with Gasteiger partial charge in [0, 0.05) is 12.6 Å². The molecular formula is C15H22N2O2. The summed E-state index contributed by atoms with van der Waals surface area (Å²) in [5.41, 5.74) is -0.178. The Balaban J connectivity index is 2.35. The Labute approximate surface area is 114 Å². The number of nitrogens with zero attached hydrogens (tertiary/aromatic N) is 1. The van der Waals surface area contributed by atoms with E-state index in [-0.39, 0.29) is 0 Å². The van der Waals surface area contributed by atoms with Gasteiger partial charge < -0.3 is 10.0 Å². The van der Waals surface area contributed by atoms with Gasteiger partial charge in [0.05, 0.1) is 0 Å². The summed E-state index contributed by atoms with van der Waals surface area (Å²) >= 11 is 0. The van der Waals surface area contributed by atoms with Crippen LogP contribution in [-0.4, -0.2) is 42.2 Å². The minimum absolute atomic E-state index is 0.335. The zero-order chi connectivity index (χ0) is 13.9. The number of likely N-dealkylation sites (N-methyl/N-ethyl adjacent to an activating group) is 1.